The van der Waals surface area contributed by atoms with Crippen LogP contribution >= 0.6 is 0 Å². The Bertz CT molecular complexity index is 1210. The summed E-state index contributed by atoms with van der Waals surface area (Å²) in [5.41, 5.74) is 9.82. The number of hydrogen-bond acceptors (Lipinski definition) is 7. The Morgan fingerprint density at radius 2 is 1.82 bits per heavy atom. The number of nitrogens with one attached hydrogen (secondary N) is 1. The lowest BCUT2D eigenvalue weighted by molar-refractivity contribution is -0.139. The summed E-state index contributed by atoms with van der Waals surface area (Å²) < 4.78 is 16.2. The van der Waals surface area contributed by atoms with Crippen molar-refractivity contribution < 1.29 is 23.8 Å². The molecule has 0 fully saturated rings. The highest BCUT2D eigenvalue weighted by Gasteiger charge is 2.36. The zero-order valence-corrected chi connectivity index (χ0v) is 19.6. The average Bonchev–Trinajstić information content (AvgIpc) is 2.80. The molecule has 34 heavy (non-hydrogen) atoms. The first-order chi connectivity index (χ1) is 16.2. The van der Waals surface area contributed by atoms with Gasteiger partial charge in [-0.25, -0.2) is 4.79 Å². The van der Waals surface area contributed by atoms with Gasteiger partial charge in [-0.3, -0.25) is 4.79 Å². The van der Waals surface area contributed by atoms with E-state index < -0.39 is 11.9 Å². The fourth-order valence-corrected chi connectivity index (χ4v) is 3.61. The number of carbonyl (C=O) groups is 2. The van der Waals surface area contributed by atoms with E-state index in [0.29, 0.717) is 17.0 Å². The fraction of sp³-hybridized carbons (Fsp3) is 0.269. The van der Waals surface area contributed by atoms with E-state index >= 15 is 0 Å². The number of benzene rings is 2. The van der Waals surface area contributed by atoms with E-state index in [1.807, 2.05) is 38.1 Å². The van der Waals surface area contributed by atoms with Gasteiger partial charge >= 0.3 is 5.97 Å². The molecule has 2 aromatic rings. The molecule has 3 rings (SSSR count). The van der Waals surface area contributed by atoms with E-state index in [9.17, 15) is 14.9 Å². The number of nitrogens with two attached hydrogens (primary N) is 1. The number of anilines is 1. The summed E-state index contributed by atoms with van der Waals surface area (Å²) in [5, 5.41) is 12.5. The molecule has 1 atom stereocenters. The Balaban J connectivity index is 1.74. The van der Waals surface area contributed by atoms with E-state index in [0.717, 1.165) is 11.1 Å². The van der Waals surface area contributed by atoms with E-state index in [2.05, 4.69) is 5.32 Å². The van der Waals surface area contributed by atoms with E-state index in [-0.39, 0.29) is 41.9 Å². The third-order valence-electron chi connectivity index (χ3n) is 5.47. The molecule has 3 N–H and O–H groups in total. The molecule has 0 spiro atoms. The lowest BCUT2D eigenvalue weighted by Crippen LogP contribution is -2.25. The normalized spacial score (nSPS) is 15.3. The topological polar surface area (TPSA) is 124 Å². The predicted molar refractivity (Wildman–Crippen MR) is 126 cm³/mol. The van der Waals surface area contributed by atoms with Crippen molar-refractivity contribution in [2.24, 2.45) is 5.73 Å². The summed E-state index contributed by atoms with van der Waals surface area (Å²) in [6, 6.07) is 14.5. The number of hydrogen-bond donors (Lipinski definition) is 2. The maximum Gasteiger partial charge on any atom is 0.338 e. The first-order valence-corrected chi connectivity index (χ1v) is 10.8. The summed E-state index contributed by atoms with van der Waals surface area (Å²) in [5.74, 6) is -0.916. The van der Waals surface area contributed by atoms with Crippen molar-refractivity contribution in [1.82, 2.24) is 0 Å². The molecular formula is C26H27N3O5. The number of nitrogens with zero attached hydrogens (tertiary/aromatic N) is 1. The molecule has 176 valence electrons. The largest absolute Gasteiger partial charge is 0.484 e. The van der Waals surface area contributed by atoms with Crippen molar-refractivity contribution in [1.29, 1.82) is 5.26 Å². The Kier molecular flexibility index (Phi) is 7.59. The Morgan fingerprint density at radius 3 is 2.44 bits per heavy atom. The molecule has 0 bridgehead atoms. The van der Waals surface area contributed by atoms with E-state index in [1.165, 1.54) is 0 Å². The number of nitriles is 1. The van der Waals surface area contributed by atoms with Crippen molar-refractivity contribution in [3.63, 3.8) is 0 Å². The Hall–Kier alpha value is -4.25. The van der Waals surface area contributed by atoms with Gasteiger partial charge in [-0.15, -0.1) is 0 Å². The second-order valence-electron chi connectivity index (χ2n) is 7.82. The van der Waals surface area contributed by atoms with Crippen LogP contribution in [0.15, 0.2) is 65.3 Å². The standard InChI is InChI=1S/C26H27N3O5/c1-5-32-26(31)23-17(4)34-25(28)21(13-27)24(23)18-7-10-20(11-8-18)33-14-22(30)29-19-9-6-15(2)16(3)12-19/h6-12,24H,5,14,28H2,1-4H3,(H,29,30). The van der Waals surface area contributed by atoms with Gasteiger partial charge in [0.15, 0.2) is 6.61 Å². The summed E-state index contributed by atoms with van der Waals surface area (Å²) in [7, 11) is 0. The smallest absolute Gasteiger partial charge is 0.338 e. The van der Waals surface area contributed by atoms with Crippen LogP contribution in [0.2, 0.25) is 0 Å². The van der Waals surface area contributed by atoms with Crippen LogP contribution in [0.5, 0.6) is 5.75 Å². The molecule has 0 saturated carbocycles. The average molecular weight is 462 g/mol. The molecule has 0 aliphatic carbocycles. The summed E-state index contributed by atoms with van der Waals surface area (Å²) in [6.45, 7) is 7.29. The van der Waals surface area contributed by atoms with Gasteiger partial charge in [0, 0.05) is 5.69 Å². The lowest BCUT2D eigenvalue weighted by Gasteiger charge is -2.26. The maximum absolute atomic E-state index is 12.6. The minimum absolute atomic E-state index is 0.0543. The van der Waals surface area contributed by atoms with Gasteiger partial charge in [0.05, 0.1) is 18.1 Å². The second-order valence-corrected chi connectivity index (χ2v) is 7.82. The number of carbonyl (C=O) groups excluding carboxylic acids is 2. The molecule has 0 saturated heterocycles. The Morgan fingerprint density at radius 1 is 1.12 bits per heavy atom. The first kappa shape index (κ1) is 24.4. The summed E-state index contributed by atoms with van der Waals surface area (Å²) in [4.78, 5) is 24.9. The van der Waals surface area contributed by atoms with Crippen LogP contribution in [0.1, 0.15) is 36.5 Å². The third-order valence-corrected chi connectivity index (χ3v) is 5.47. The predicted octanol–water partition coefficient (Wildman–Crippen LogP) is 3.97. The highest BCUT2D eigenvalue weighted by molar-refractivity contribution is 5.93. The Labute approximate surface area is 198 Å². The van der Waals surface area contributed by atoms with Gasteiger partial charge in [0.25, 0.3) is 5.91 Å². The number of allylic oxidation sites excluding steroid dienone is 2. The monoisotopic (exact) mass is 461 g/mol. The van der Waals surface area contributed by atoms with Crippen LogP contribution in [-0.2, 0) is 19.1 Å². The van der Waals surface area contributed by atoms with Gasteiger partial charge in [0.1, 0.15) is 23.2 Å². The molecule has 2 aromatic carbocycles. The zero-order chi connectivity index (χ0) is 24.8. The quantitative estimate of drug-likeness (QED) is 0.598. The van der Waals surface area contributed by atoms with Crippen LogP contribution < -0.4 is 15.8 Å². The van der Waals surface area contributed by atoms with Gasteiger partial charge < -0.3 is 25.3 Å². The number of esters is 1. The maximum atomic E-state index is 12.6. The van der Waals surface area contributed by atoms with E-state index in [4.69, 9.17) is 19.9 Å². The van der Waals surface area contributed by atoms with Gasteiger partial charge in [-0.05, 0) is 68.7 Å². The summed E-state index contributed by atoms with van der Waals surface area (Å²) in [6.07, 6.45) is 0. The van der Waals surface area contributed by atoms with Crippen LogP contribution in [0.4, 0.5) is 5.69 Å². The zero-order valence-electron chi connectivity index (χ0n) is 19.6. The molecule has 1 unspecified atom stereocenters. The number of aryl methyl sites for hydroxylation is 2. The van der Waals surface area contributed by atoms with Crippen LogP contribution in [0, 0.1) is 25.2 Å². The first-order valence-electron chi connectivity index (χ1n) is 10.8. The third kappa shape index (κ3) is 5.38. The molecule has 1 aliphatic heterocycles. The molecule has 0 radical (unpaired) electrons. The van der Waals surface area contributed by atoms with Crippen LogP contribution in [-0.4, -0.2) is 25.1 Å². The van der Waals surface area contributed by atoms with E-state index in [1.54, 1.807) is 38.1 Å². The number of rotatable bonds is 7. The molecular weight excluding hydrogens is 434 g/mol. The summed E-state index contributed by atoms with van der Waals surface area (Å²) >= 11 is 0. The van der Waals surface area contributed by atoms with Crippen LogP contribution in [0.25, 0.3) is 0 Å². The van der Waals surface area contributed by atoms with Crippen molar-refractivity contribution in [3.05, 3.63) is 81.9 Å². The molecule has 8 nitrogen and oxygen atoms in total. The van der Waals surface area contributed by atoms with Crippen molar-refractivity contribution in [2.45, 2.75) is 33.6 Å². The molecule has 1 heterocycles. The highest BCUT2D eigenvalue weighted by Crippen LogP contribution is 2.39. The highest BCUT2D eigenvalue weighted by atomic mass is 16.5. The van der Waals surface area contributed by atoms with Crippen molar-refractivity contribution in [2.75, 3.05) is 18.5 Å². The molecule has 0 aromatic heterocycles. The van der Waals surface area contributed by atoms with Crippen molar-refractivity contribution in [3.8, 4) is 11.8 Å². The molecule has 1 aliphatic rings. The lowest BCUT2D eigenvalue weighted by atomic mass is 9.83. The number of amides is 1. The minimum atomic E-state index is -0.736. The minimum Gasteiger partial charge on any atom is -0.484 e. The van der Waals surface area contributed by atoms with Gasteiger partial charge in [-0.1, -0.05) is 18.2 Å². The molecule has 1 amide bonds. The molecule has 8 heteroatoms. The van der Waals surface area contributed by atoms with Gasteiger partial charge in [-0.2, -0.15) is 5.26 Å². The second kappa shape index (κ2) is 10.6. The van der Waals surface area contributed by atoms with Gasteiger partial charge in [0.2, 0.25) is 5.88 Å². The number of ether oxygens (including phenoxy) is 3. The SMILES string of the molecule is CCOC(=O)C1=C(C)OC(N)=C(C#N)C1c1ccc(OCC(=O)Nc2ccc(C)c(C)c2)cc1. The van der Waals surface area contributed by atoms with Crippen LogP contribution in [0.3, 0.4) is 0 Å². The van der Waals surface area contributed by atoms with Crippen molar-refractivity contribution >= 4 is 17.6 Å². The fourth-order valence-electron chi connectivity index (χ4n) is 3.61.